The Morgan fingerprint density at radius 2 is 1.81 bits per heavy atom. The Balaban J connectivity index is 1.50. The van der Waals surface area contributed by atoms with Crippen LogP contribution in [0, 0.1) is 5.92 Å². The van der Waals surface area contributed by atoms with E-state index < -0.39 is 0 Å². The highest BCUT2D eigenvalue weighted by atomic mass is 32.1. The van der Waals surface area contributed by atoms with Crippen LogP contribution in [0.15, 0.2) is 35.7 Å². The number of anilines is 2. The summed E-state index contributed by atoms with van der Waals surface area (Å²) in [5.74, 6) is 1.53. The number of hydrogen-bond donors (Lipinski definition) is 1. The predicted octanol–water partition coefficient (Wildman–Crippen LogP) is 3.37. The van der Waals surface area contributed by atoms with Crippen LogP contribution in [0.1, 0.15) is 32.1 Å². The van der Waals surface area contributed by atoms with Gasteiger partial charge in [-0.2, -0.15) is 4.98 Å². The second-order valence-electron chi connectivity index (χ2n) is 9.12. The Hall–Kier alpha value is -3.00. The standard InChI is InChI=1S/C24H25N5O2S/c25-21(31)15-8-9-28(12-15)24-26-22(29-16-6-7-17(29)11-18(30)10-16)20-19(13-32-23(20)27-24)14-4-2-1-3-5-14/h1-5,13,15-17H,6-12H2,(H2,25,31). The number of nitrogens with two attached hydrogens (primary N) is 1. The maximum Gasteiger partial charge on any atom is 0.228 e. The lowest BCUT2D eigenvalue weighted by atomic mass is 10.00. The van der Waals surface area contributed by atoms with Crippen molar-refractivity contribution in [3.63, 3.8) is 0 Å². The van der Waals surface area contributed by atoms with E-state index in [0.29, 0.717) is 31.1 Å². The third-order valence-corrected chi connectivity index (χ3v) is 8.02. The van der Waals surface area contributed by atoms with Crippen molar-refractivity contribution in [1.29, 1.82) is 0 Å². The summed E-state index contributed by atoms with van der Waals surface area (Å²) in [7, 11) is 0. The van der Waals surface area contributed by atoms with Gasteiger partial charge in [-0.3, -0.25) is 9.59 Å². The molecule has 0 aliphatic carbocycles. The number of aromatic nitrogens is 2. The molecule has 0 saturated carbocycles. The molecule has 3 atom stereocenters. The van der Waals surface area contributed by atoms with Crippen LogP contribution in [0.3, 0.4) is 0 Å². The van der Waals surface area contributed by atoms with E-state index in [9.17, 15) is 9.59 Å². The van der Waals surface area contributed by atoms with E-state index >= 15 is 0 Å². The van der Waals surface area contributed by atoms with Gasteiger partial charge in [0.2, 0.25) is 11.9 Å². The summed E-state index contributed by atoms with van der Waals surface area (Å²) in [5, 5.41) is 3.23. The van der Waals surface area contributed by atoms with Gasteiger partial charge in [0.1, 0.15) is 16.4 Å². The zero-order valence-electron chi connectivity index (χ0n) is 17.7. The molecule has 8 heteroatoms. The molecular weight excluding hydrogens is 422 g/mol. The van der Waals surface area contributed by atoms with Crippen LogP contribution in [0.5, 0.6) is 0 Å². The zero-order valence-corrected chi connectivity index (χ0v) is 18.6. The lowest BCUT2D eigenvalue weighted by Crippen LogP contribution is -2.44. The predicted molar refractivity (Wildman–Crippen MR) is 126 cm³/mol. The zero-order chi connectivity index (χ0) is 21.8. The number of thiophene rings is 1. The average Bonchev–Trinajstić information content (AvgIpc) is 3.50. The Morgan fingerprint density at radius 3 is 2.50 bits per heavy atom. The van der Waals surface area contributed by atoms with Crippen molar-refractivity contribution >= 4 is 45.0 Å². The SMILES string of the molecule is NC(=O)C1CCN(c2nc(N3C4CCC3CC(=O)C4)c3c(-c4ccccc4)csc3n2)C1. The van der Waals surface area contributed by atoms with Crippen LogP contribution in [-0.2, 0) is 9.59 Å². The molecule has 3 aliphatic rings. The number of ketones is 1. The van der Waals surface area contributed by atoms with Gasteiger partial charge in [0.05, 0.1) is 11.3 Å². The Kier molecular flexibility index (Phi) is 4.64. The number of nitrogens with zero attached hydrogens (tertiary/aromatic N) is 4. The number of piperidine rings is 1. The summed E-state index contributed by atoms with van der Waals surface area (Å²) >= 11 is 1.63. The van der Waals surface area contributed by atoms with Gasteiger partial charge in [-0.05, 0) is 24.8 Å². The molecule has 5 heterocycles. The summed E-state index contributed by atoms with van der Waals surface area (Å²) in [6.45, 7) is 1.28. The summed E-state index contributed by atoms with van der Waals surface area (Å²) in [6.07, 6.45) is 3.96. The quantitative estimate of drug-likeness (QED) is 0.659. The maximum atomic E-state index is 12.3. The number of primary amides is 1. The van der Waals surface area contributed by atoms with E-state index in [4.69, 9.17) is 15.7 Å². The van der Waals surface area contributed by atoms with Crippen molar-refractivity contribution in [1.82, 2.24) is 9.97 Å². The minimum absolute atomic E-state index is 0.162. The monoisotopic (exact) mass is 447 g/mol. The molecule has 7 nitrogen and oxygen atoms in total. The third-order valence-electron chi connectivity index (χ3n) is 7.15. The van der Waals surface area contributed by atoms with Crippen molar-refractivity contribution in [2.75, 3.05) is 22.9 Å². The Morgan fingerprint density at radius 1 is 1.06 bits per heavy atom. The fraction of sp³-hybridized carbons (Fsp3) is 0.417. The van der Waals surface area contributed by atoms with Crippen LogP contribution in [0.4, 0.5) is 11.8 Å². The van der Waals surface area contributed by atoms with Crippen LogP contribution in [0.2, 0.25) is 0 Å². The van der Waals surface area contributed by atoms with Crippen LogP contribution in [0.25, 0.3) is 21.3 Å². The molecule has 0 radical (unpaired) electrons. The van der Waals surface area contributed by atoms with E-state index in [2.05, 4.69) is 27.3 Å². The highest BCUT2D eigenvalue weighted by Crippen LogP contribution is 2.45. The molecule has 1 aromatic carbocycles. The van der Waals surface area contributed by atoms with Crippen LogP contribution < -0.4 is 15.5 Å². The number of rotatable bonds is 4. The van der Waals surface area contributed by atoms with Crippen molar-refractivity contribution in [2.45, 2.75) is 44.2 Å². The van der Waals surface area contributed by atoms with Crippen molar-refractivity contribution < 1.29 is 9.59 Å². The lowest BCUT2D eigenvalue weighted by Gasteiger charge is -2.36. The molecular formula is C24H25N5O2S. The largest absolute Gasteiger partial charge is 0.369 e. The Labute approximate surface area is 190 Å². The van der Waals surface area contributed by atoms with Gasteiger partial charge in [-0.25, -0.2) is 4.98 Å². The Bertz CT molecular complexity index is 1190. The molecule has 6 rings (SSSR count). The highest BCUT2D eigenvalue weighted by molar-refractivity contribution is 7.17. The van der Waals surface area contributed by atoms with Gasteiger partial charge in [-0.15, -0.1) is 11.3 Å². The first-order chi connectivity index (χ1) is 15.6. The summed E-state index contributed by atoms with van der Waals surface area (Å²) < 4.78 is 0. The molecule has 3 fully saturated rings. The van der Waals surface area contributed by atoms with Gasteiger partial charge in [0.25, 0.3) is 0 Å². The number of Topliss-reactive ketones (excluding diaryl/α,β-unsaturated/α-hetero) is 1. The van der Waals surface area contributed by atoms with E-state index in [1.54, 1.807) is 11.3 Å². The molecule has 2 N–H and O–H groups in total. The van der Waals surface area contributed by atoms with Gasteiger partial charge >= 0.3 is 0 Å². The molecule has 32 heavy (non-hydrogen) atoms. The fourth-order valence-corrected chi connectivity index (χ4v) is 6.50. The van der Waals surface area contributed by atoms with E-state index in [1.165, 1.54) is 0 Å². The number of amides is 1. The maximum absolute atomic E-state index is 12.3. The molecule has 1 amide bonds. The normalized spacial score (nSPS) is 25.1. The number of carbonyl (C=O) groups excluding carboxylic acids is 2. The first kappa shape index (κ1) is 19.7. The molecule has 3 saturated heterocycles. The van der Waals surface area contributed by atoms with Gasteiger partial charge in [0, 0.05) is 49.0 Å². The van der Waals surface area contributed by atoms with Crippen molar-refractivity contribution in [3.8, 4) is 11.1 Å². The molecule has 164 valence electrons. The van der Waals surface area contributed by atoms with Crippen molar-refractivity contribution in [2.24, 2.45) is 11.7 Å². The molecule has 3 aliphatic heterocycles. The van der Waals surface area contributed by atoms with E-state index in [-0.39, 0.29) is 23.9 Å². The second-order valence-corrected chi connectivity index (χ2v) is 9.97. The van der Waals surface area contributed by atoms with E-state index in [0.717, 1.165) is 53.0 Å². The van der Waals surface area contributed by atoms with Crippen LogP contribution >= 0.6 is 11.3 Å². The fourth-order valence-electron chi connectivity index (χ4n) is 5.56. The molecule has 3 unspecified atom stereocenters. The number of hydrogen-bond acceptors (Lipinski definition) is 7. The number of carbonyl (C=O) groups is 2. The van der Waals surface area contributed by atoms with Crippen molar-refractivity contribution in [3.05, 3.63) is 35.7 Å². The van der Waals surface area contributed by atoms with E-state index in [1.807, 2.05) is 18.2 Å². The first-order valence-electron chi connectivity index (χ1n) is 11.3. The second kappa shape index (κ2) is 7.55. The minimum atomic E-state index is -0.260. The average molecular weight is 448 g/mol. The minimum Gasteiger partial charge on any atom is -0.369 e. The summed E-state index contributed by atoms with van der Waals surface area (Å²) in [4.78, 5) is 39.4. The number of benzene rings is 1. The number of fused-ring (bicyclic) bond motifs is 3. The van der Waals surface area contributed by atoms with Gasteiger partial charge in [-0.1, -0.05) is 30.3 Å². The van der Waals surface area contributed by atoms with Gasteiger partial charge in [0.15, 0.2) is 0 Å². The smallest absolute Gasteiger partial charge is 0.228 e. The third kappa shape index (κ3) is 3.16. The van der Waals surface area contributed by atoms with Crippen LogP contribution in [-0.4, -0.2) is 46.8 Å². The summed E-state index contributed by atoms with van der Waals surface area (Å²) in [5.41, 5.74) is 7.84. The topological polar surface area (TPSA) is 92.4 Å². The highest BCUT2D eigenvalue weighted by Gasteiger charge is 2.42. The molecule has 2 bridgehead atoms. The van der Waals surface area contributed by atoms with Gasteiger partial charge < -0.3 is 15.5 Å². The molecule has 2 aromatic heterocycles. The molecule has 0 spiro atoms. The summed E-state index contributed by atoms with van der Waals surface area (Å²) in [6, 6.07) is 10.8. The molecule has 3 aromatic rings. The lowest BCUT2D eigenvalue weighted by molar-refractivity contribution is -0.121. The first-order valence-corrected chi connectivity index (χ1v) is 12.2.